The van der Waals surface area contributed by atoms with E-state index >= 15 is 0 Å². The van der Waals surface area contributed by atoms with Gasteiger partial charge in [-0.2, -0.15) is 0 Å². The highest BCUT2D eigenvalue weighted by molar-refractivity contribution is 5.90. The molecule has 10 nitrogen and oxygen atoms in total. The third-order valence-corrected chi connectivity index (χ3v) is 1.88. The SMILES string of the molecule is NC(=O)c1ncc[nH]c1=O.NC(=O)c1ncc[nH]c1=O. The Hall–Kier alpha value is -3.30. The molecular formula is C10H10N6O4. The summed E-state index contributed by atoms with van der Waals surface area (Å²) in [5.41, 5.74) is 7.94. The van der Waals surface area contributed by atoms with E-state index < -0.39 is 22.9 Å². The van der Waals surface area contributed by atoms with Crippen LogP contribution in [-0.2, 0) is 0 Å². The van der Waals surface area contributed by atoms with Crippen LogP contribution in [0.1, 0.15) is 21.0 Å². The molecule has 0 saturated heterocycles. The number of amides is 2. The van der Waals surface area contributed by atoms with Crippen LogP contribution in [-0.4, -0.2) is 31.8 Å². The average Bonchev–Trinajstić information content (AvgIpc) is 2.40. The normalized spacial score (nSPS) is 9.20. The van der Waals surface area contributed by atoms with Crippen LogP contribution in [0.3, 0.4) is 0 Å². The lowest BCUT2D eigenvalue weighted by molar-refractivity contribution is 0.0985. The minimum atomic E-state index is -0.818. The van der Waals surface area contributed by atoms with Crippen molar-refractivity contribution in [1.82, 2.24) is 19.9 Å². The van der Waals surface area contributed by atoms with Gasteiger partial charge in [-0.25, -0.2) is 9.97 Å². The zero-order valence-corrected chi connectivity index (χ0v) is 9.99. The zero-order chi connectivity index (χ0) is 15.1. The van der Waals surface area contributed by atoms with Crippen molar-refractivity contribution in [3.63, 3.8) is 0 Å². The molecule has 2 heterocycles. The lowest BCUT2D eigenvalue weighted by Crippen LogP contribution is -2.24. The number of carbonyl (C=O) groups is 2. The Kier molecular flexibility index (Phi) is 4.86. The quantitative estimate of drug-likeness (QED) is 0.481. The van der Waals surface area contributed by atoms with Gasteiger partial charge >= 0.3 is 0 Å². The van der Waals surface area contributed by atoms with E-state index in [1.54, 1.807) is 0 Å². The molecule has 2 rings (SSSR count). The number of nitrogens with two attached hydrogens (primary N) is 2. The molecule has 0 radical (unpaired) electrons. The number of carbonyl (C=O) groups excluding carboxylic acids is 2. The number of aromatic amines is 2. The molecule has 2 amide bonds. The molecule has 0 spiro atoms. The van der Waals surface area contributed by atoms with Crippen LogP contribution in [0.2, 0.25) is 0 Å². The number of hydrogen-bond acceptors (Lipinski definition) is 6. The third-order valence-electron chi connectivity index (χ3n) is 1.88. The van der Waals surface area contributed by atoms with Gasteiger partial charge in [-0.1, -0.05) is 0 Å². The van der Waals surface area contributed by atoms with Gasteiger partial charge in [-0.15, -0.1) is 0 Å². The predicted molar refractivity (Wildman–Crippen MR) is 66.8 cm³/mol. The minimum absolute atomic E-state index is 0.262. The molecule has 0 saturated carbocycles. The maximum Gasteiger partial charge on any atom is 0.279 e. The highest BCUT2D eigenvalue weighted by Gasteiger charge is 2.05. The Balaban J connectivity index is 0.000000200. The Morgan fingerprint density at radius 1 is 0.850 bits per heavy atom. The first-order chi connectivity index (χ1) is 9.43. The monoisotopic (exact) mass is 278 g/mol. The fourth-order valence-electron chi connectivity index (χ4n) is 1.05. The summed E-state index contributed by atoms with van der Waals surface area (Å²) in [5.74, 6) is -1.64. The van der Waals surface area contributed by atoms with Crippen LogP contribution in [0.4, 0.5) is 0 Å². The standard InChI is InChI=1S/2C5H5N3O2/c2*6-4(9)3-5(10)8-2-1-7-3/h2*1-2H,(H2,6,9)(H,8,10). The van der Waals surface area contributed by atoms with Gasteiger partial charge in [0.05, 0.1) is 0 Å². The molecule has 2 aromatic heterocycles. The molecule has 0 fully saturated rings. The van der Waals surface area contributed by atoms with Crippen LogP contribution < -0.4 is 22.6 Å². The molecule has 2 aromatic rings. The number of primary amides is 2. The lowest BCUT2D eigenvalue weighted by atomic mass is 10.4. The highest BCUT2D eigenvalue weighted by atomic mass is 16.2. The Morgan fingerprint density at radius 2 is 1.20 bits per heavy atom. The van der Waals surface area contributed by atoms with E-state index in [0.29, 0.717) is 0 Å². The molecule has 0 bridgehead atoms. The Labute approximate surface area is 110 Å². The van der Waals surface area contributed by atoms with E-state index in [-0.39, 0.29) is 11.4 Å². The summed E-state index contributed by atoms with van der Waals surface area (Å²) in [5, 5.41) is 0. The molecule has 0 unspecified atom stereocenters. The van der Waals surface area contributed by atoms with Crippen molar-refractivity contribution in [3.8, 4) is 0 Å². The smallest absolute Gasteiger partial charge is 0.279 e. The van der Waals surface area contributed by atoms with E-state index in [2.05, 4.69) is 19.9 Å². The maximum absolute atomic E-state index is 10.6. The number of H-pyrrole nitrogens is 2. The Morgan fingerprint density at radius 3 is 1.40 bits per heavy atom. The molecule has 0 aromatic carbocycles. The predicted octanol–water partition coefficient (Wildman–Crippen LogP) is -2.26. The van der Waals surface area contributed by atoms with Crippen molar-refractivity contribution in [1.29, 1.82) is 0 Å². The number of hydrogen-bond donors (Lipinski definition) is 4. The molecule has 6 N–H and O–H groups in total. The van der Waals surface area contributed by atoms with Gasteiger partial charge in [0.2, 0.25) is 0 Å². The lowest BCUT2D eigenvalue weighted by Gasteiger charge is -1.88. The first kappa shape index (κ1) is 14.8. The molecule has 0 aliphatic heterocycles. The molecule has 0 aliphatic carbocycles. The molecule has 0 atom stereocenters. The van der Waals surface area contributed by atoms with Crippen LogP contribution in [0, 0.1) is 0 Å². The molecule has 0 aliphatic rings. The van der Waals surface area contributed by atoms with E-state index in [1.807, 2.05) is 0 Å². The molecule has 10 heteroatoms. The third kappa shape index (κ3) is 3.87. The van der Waals surface area contributed by atoms with Crippen LogP contribution in [0.15, 0.2) is 34.4 Å². The molecule has 20 heavy (non-hydrogen) atoms. The summed E-state index contributed by atoms with van der Waals surface area (Å²) >= 11 is 0. The van der Waals surface area contributed by atoms with Gasteiger partial charge in [-0.05, 0) is 0 Å². The fraction of sp³-hybridized carbons (Fsp3) is 0. The fourth-order valence-corrected chi connectivity index (χ4v) is 1.05. The summed E-state index contributed by atoms with van der Waals surface area (Å²) in [4.78, 5) is 53.5. The number of aromatic nitrogens is 4. The summed E-state index contributed by atoms with van der Waals surface area (Å²) in [6.07, 6.45) is 5.24. The first-order valence-electron chi connectivity index (χ1n) is 5.10. The van der Waals surface area contributed by atoms with Gasteiger partial charge in [0, 0.05) is 24.8 Å². The number of nitrogens with one attached hydrogen (secondary N) is 2. The topological polar surface area (TPSA) is 178 Å². The van der Waals surface area contributed by atoms with Crippen LogP contribution in [0.5, 0.6) is 0 Å². The largest absolute Gasteiger partial charge is 0.364 e. The molecule has 104 valence electrons. The number of nitrogens with zero attached hydrogens (tertiary/aromatic N) is 2. The van der Waals surface area contributed by atoms with Gasteiger partial charge < -0.3 is 21.4 Å². The Bertz CT molecular complexity index is 671. The zero-order valence-electron chi connectivity index (χ0n) is 9.99. The summed E-state index contributed by atoms with van der Waals surface area (Å²) in [7, 11) is 0. The second kappa shape index (κ2) is 6.58. The average molecular weight is 278 g/mol. The van der Waals surface area contributed by atoms with Gasteiger partial charge in [0.25, 0.3) is 22.9 Å². The van der Waals surface area contributed by atoms with Crippen molar-refractivity contribution in [2.75, 3.05) is 0 Å². The van der Waals surface area contributed by atoms with Gasteiger partial charge in [0.1, 0.15) is 0 Å². The number of rotatable bonds is 2. The van der Waals surface area contributed by atoms with Crippen molar-refractivity contribution in [2.24, 2.45) is 11.5 Å². The van der Waals surface area contributed by atoms with Gasteiger partial charge in [-0.3, -0.25) is 19.2 Å². The minimum Gasteiger partial charge on any atom is -0.364 e. The van der Waals surface area contributed by atoms with E-state index in [0.717, 1.165) is 0 Å². The van der Waals surface area contributed by atoms with Crippen molar-refractivity contribution >= 4 is 11.8 Å². The van der Waals surface area contributed by atoms with E-state index in [4.69, 9.17) is 11.5 Å². The van der Waals surface area contributed by atoms with Gasteiger partial charge in [0.15, 0.2) is 11.4 Å². The maximum atomic E-state index is 10.6. The summed E-state index contributed by atoms with van der Waals surface area (Å²) in [6.45, 7) is 0. The van der Waals surface area contributed by atoms with Crippen LogP contribution in [0.25, 0.3) is 0 Å². The molecular weight excluding hydrogens is 268 g/mol. The van der Waals surface area contributed by atoms with E-state index in [1.165, 1.54) is 24.8 Å². The second-order valence-corrected chi connectivity index (χ2v) is 3.26. The first-order valence-corrected chi connectivity index (χ1v) is 5.10. The second-order valence-electron chi connectivity index (χ2n) is 3.26. The summed E-state index contributed by atoms with van der Waals surface area (Å²) < 4.78 is 0. The van der Waals surface area contributed by atoms with Crippen molar-refractivity contribution in [2.45, 2.75) is 0 Å². The van der Waals surface area contributed by atoms with Crippen molar-refractivity contribution in [3.05, 3.63) is 56.9 Å². The van der Waals surface area contributed by atoms with Crippen LogP contribution >= 0.6 is 0 Å². The summed E-state index contributed by atoms with van der Waals surface area (Å²) in [6, 6.07) is 0. The van der Waals surface area contributed by atoms with E-state index in [9.17, 15) is 19.2 Å². The highest BCUT2D eigenvalue weighted by Crippen LogP contribution is 1.78. The van der Waals surface area contributed by atoms with Crippen molar-refractivity contribution < 1.29 is 9.59 Å².